The van der Waals surface area contributed by atoms with Crippen molar-refractivity contribution in [1.29, 1.82) is 0 Å². The third-order valence-corrected chi connectivity index (χ3v) is 3.33. The Balaban J connectivity index is 2.04. The molecule has 0 aliphatic heterocycles. The first-order valence-electron chi connectivity index (χ1n) is 6.67. The highest BCUT2D eigenvalue weighted by Gasteiger charge is 2.16. The monoisotopic (exact) mass is 280 g/mol. The summed E-state index contributed by atoms with van der Waals surface area (Å²) in [5.74, 6) is 0.641. The second-order valence-corrected chi connectivity index (χ2v) is 4.62. The van der Waals surface area contributed by atoms with Crippen molar-refractivity contribution in [3.05, 3.63) is 60.2 Å². The lowest BCUT2D eigenvalue weighted by Crippen LogP contribution is -2.18. The fourth-order valence-electron chi connectivity index (χ4n) is 2.25. The molecular formula is C15H16N6. The van der Waals surface area contributed by atoms with Gasteiger partial charge in [-0.2, -0.15) is 4.68 Å². The molecule has 21 heavy (non-hydrogen) atoms. The van der Waals surface area contributed by atoms with E-state index in [1.807, 2.05) is 66.5 Å². The van der Waals surface area contributed by atoms with Crippen molar-refractivity contribution >= 4 is 11.6 Å². The Labute approximate surface area is 122 Å². The van der Waals surface area contributed by atoms with Crippen LogP contribution in [0, 0.1) is 0 Å². The first-order valence-corrected chi connectivity index (χ1v) is 6.67. The van der Waals surface area contributed by atoms with Crippen LogP contribution >= 0.6 is 0 Å². The summed E-state index contributed by atoms with van der Waals surface area (Å²) < 4.78 is 1.70. The van der Waals surface area contributed by atoms with Crippen LogP contribution in [0.2, 0.25) is 0 Å². The molecule has 0 aliphatic rings. The average molecular weight is 280 g/mol. The molecule has 0 unspecified atom stereocenters. The van der Waals surface area contributed by atoms with E-state index in [1.165, 1.54) is 0 Å². The van der Waals surface area contributed by atoms with E-state index in [-0.39, 0.29) is 0 Å². The van der Waals surface area contributed by atoms with Gasteiger partial charge in [0, 0.05) is 19.3 Å². The summed E-state index contributed by atoms with van der Waals surface area (Å²) in [5.41, 5.74) is 8.75. The van der Waals surface area contributed by atoms with E-state index in [9.17, 15) is 0 Å². The van der Waals surface area contributed by atoms with Gasteiger partial charge in [-0.1, -0.05) is 41.5 Å². The molecule has 0 amide bonds. The quantitative estimate of drug-likeness (QED) is 0.790. The molecule has 1 aromatic heterocycles. The summed E-state index contributed by atoms with van der Waals surface area (Å²) in [6.07, 6.45) is 0. The zero-order valence-corrected chi connectivity index (χ0v) is 11.7. The summed E-state index contributed by atoms with van der Waals surface area (Å²) in [6.45, 7) is 0.466. The highest BCUT2D eigenvalue weighted by molar-refractivity contribution is 5.62. The van der Waals surface area contributed by atoms with Gasteiger partial charge in [0.05, 0.1) is 5.69 Å². The lowest BCUT2D eigenvalue weighted by Gasteiger charge is -2.20. The van der Waals surface area contributed by atoms with E-state index >= 15 is 0 Å². The van der Waals surface area contributed by atoms with Gasteiger partial charge in [-0.25, -0.2) is 0 Å². The van der Waals surface area contributed by atoms with Gasteiger partial charge in [-0.3, -0.25) is 0 Å². The van der Waals surface area contributed by atoms with Gasteiger partial charge in [0.15, 0.2) is 0 Å². The number of para-hydroxylation sites is 2. The van der Waals surface area contributed by atoms with E-state index in [2.05, 4.69) is 15.5 Å². The molecule has 0 atom stereocenters. The van der Waals surface area contributed by atoms with Crippen molar-refractivity contribution in [1.82, 2.24) is 20.2 Å². The smallest absolute Gasteiger partial charge is 0.254 e. The topological polar surface area (TPSA) is 72.9 Å². The normalized spacial score (nSPS) is 10.6. The minimum Gasteiger partial charge on any atom is -0.326 e. The lowest BCUT2D eigenvalue weighted by atomic mass is 10.1. The van der Waals surface area contributed by atoms with Crippen LogP contribution in [-0.4, -0.2) is 27.3 Å². The van der Waals surface area contributed by atoms with Gasteiger partial charge in [0.1, 0.15) is 0 Å². The van der Waals surface area contributed by atoms with Crippen LogP contribution in [0.1, 0.15) is 5.56 Å². The number of rotatable bonds is 4. The molecule has 0 radical (unpaired) electrons. The molecule has 2 N–H and O–H groups in total. The van der Waals surface area contributed by atoms with Crippen molar-refractivity contribution in [3.63, 3.8) is 0 Å². The molecule has 0 bridgehead atoms. The molecule has 0 spiro atoms. The molecule has 2 aromatic carbocycles. The maximum absolute atomic E-state index is 5.81. The molecule has 6 heteroatoms. The summed E-state index contributed by atoms with van der Waals surface area (Å²) in [7, 11) is 1.93. The maximum atomic E-state index is 5.81. The van der Waals surface area contributed by atoms with Gasteiger partial charge >= 0.3 is 0 Å². The van der Waals surface area contributed by atoms with Gasteiger partial charge in [0.2, 0.25) is 0 Å². The third kappa shape index (κ3) is 2.48. The van der Waals surface area contributed by atoms with Gasteiger partial charge in [-0.05, 0) is 34.2 Å². The van der Waals surface area contributed by atoms with Gasteiger partial charge in [0.25, 0.3) is 5.95 Å². The molecule has 106 valence electrons. The van der Waals surface area contributed by atoms with Crippen LogP contribution in [-0.2, 0) is 6.54 Å². The fourth-order valence-corrected chi connectivity index (χ4v) is 2.25. The lowest BCUT2D eigenvalue weighted by molar-refractivity contribution is 0.786. The number of tetrazole rings is 1. The van der Waals surface area contributed by atoms with Crippen molar-refractivity contribution in [3.8, 4) is 5.69 Å². The second kappa shape index (κ2) is 5.72. The molecule has 0 saturated heterocycles. The Kier molecular flexibility index (Phi) is 3.61. The molecule has 0 fully saturated rings. The highest BCUT2D eigenvalue weighted by atomic mass is 15.6. The Morgan fingerprint density at radius 1 is 1.05 bits per heavy atom. The van der Waals surface area contributed by atoms with Gasteiger partial charge < -0.3 is 10.6 Å². The molecule has 6 nitrogen and oxygen atoms in total. The second-order valence-electron chi connectivity index (χ2n) is 4.62. The molecule has 3 rings (SSSR count). The van der Waals surface area contributed by atoms with E-state index in [0.717, 1.165) is 16.9 Å². The molecule has 0 saturated carbocycles. The Bertz CT molecular complexity index is 722. The predicted octanol–water partition coefficient (Wildman–Crippen LogP) is 1.89. The van der Waals surface area contributed by atoms with E-state index in [0.29, 0.717) is 12.5 Å². The average Bonchev–Trinajstić information content (AvgIpc) is 3.04. The Morgan fingerprint density at radius 2 is 1.76 bits per heavy atom. The molecule has 0 aliphatic carbocycles. The number of nitrogens with zero attached hydrogens (tertiary/aromatic N) is 5. The number of anilines is 2. The largest absolute Gasteiger partial charge is 0.326 e. The summed E-state index contributed by atoms with van der Waals surface area (Å²) in [4.78, 5) is 1.94. The van der Waals surface area contributed by atoms with E-state index in [4.69, 9.17) is 5.73 Å². The Hall–Kier alpha value is -2.73. The minimum atomic E-state index is 0.466. The zero-order chi connectivity index (χ0) is 14.7. The molecular weight excluding hydrogens is 264 g/mol. The van der Waals surface area contributed by atoms with Crippen molar-refractivity contribution < 1.29 is 0 Å². The van der Waals surface area contributed by atoms with Crippen LogP contribution < -0.4 is 10.6 Å². The van der Waals surface area contributed by atoms with Crippen LogP contribution in [0.15, 0.2) is 54.6 Å². The van der Waals surface area contributed by atoms with Crippen LogP contribution in [0.3, 0.4) is 0 Å². The number of nitrogens with two attached hydrogens (primary N) is 1. The van der Waals surface area contributed by atoms with E-state index in [1.54, 1.807) is 4.68 Å². The number of hydrogen-bond acceptors (Lipinski definition) is 5. The van der Waals surface area contributed by atoms with Crippen molar-refractivity contribution in [2.45, 2.75) is 6.54 Å². The van der Waals surface area contributed by atoms with Crippen molar-refractivity contribution in [2.75, 3.05) is 11.9 Å². The summed E-state index contributed by atoms with van der Waals surface area (Å²) in [5, 5.41) is 12.0. The third-order valence-electron chi connectivity index (χ3n) is 3.33. The van der Waals surface area contributed by atoms with Crippen LogP contribution in [0.4, 0.5) is 11.6 Å². The number of benzene rings is 2. The van der Waals surface area contributed by atoms with Crippen LogP contribution in [0.25, 0.3) is 5.69 Å². The number of hydrogen-bond donors (Lipinski definition) is 1. The highest BCUT2D eigenvalue weighted by Crippen LogP contribution is 2.26. The van der Waals surface area contributed by atoms with Gasteiger partial charge in [-0.15, -0.1) is 0 Å². The predicted molar refractivity (Wildman–Crippen MR) is 81.6 cm³/mol. The molecule has 1 heterocycles. The molecule has 3 aromatic rings. The summed E-state index contributed by atoms with van der Waals surface area (Å²) in [6, 6.07) is 17.7. The standard InChI is InChI=1S/C15H16N6/c1-20(14-10-6-5-7-12(14)11-16)15-17-18-19-21(15)13-8-3-2-4-9-13/h2-10H,11,16H2,1H3. The van der Waals surface area contributed by atoms with Crippen molar-refractivity contribution in [2.24, 2.45) is 5.73 Å². The number of aromatic nitrogens is 4. The minimum absolute atomic E-state index is 0.466. The Morgan fingerprint density at radius 3 is 2.52 bits per heavy atom. The van der Waals surface area contributed by atoms with Crippen LogP contribution in [0.5, 0.6) is 0 Å². The fraction of sp³-hybridized carbons (Fsp3) is 0.133. The SMILES string of the molecule is CN(c1ccccc1CN)c1nnnn1-c1ccccc1. The maximum Gasteiger partial charge on any atom is 0.254 e. The first kappa shape index (κ1) is 13.3. The zero-order valence-electron chi connectivity index (χ0n) is 11.7. The summed E-state index contributed by atoms with van der Waals surface area (Å²) >= 11 is 0. The first-order chi connectivity index (χ1) is 10.3. The van der Waals surface area contributed by atoms with E-state index < -0.39 is 0 Å².